The van der Waals surface area contributed by atoms with Crippen LogP contribution in [0, 0.1) is 11.6 Å². The summed E-state index contributed by atoms with van der Waals surface area (Å²) in [4.78, 5) is 10.6. The maximum absolute atomic E-state index is 12.8. The Labute approximate surface area is 73.1 Å². The molecule has 0 aliphatic rings. The summed E-state index contributed by atoms with van der Waals surface area (Å²) >= 11 is 0. The molecule has 0 heterocycles. The van der Waals surface area contributed by atoms with E-state index in [2.05, 4.69) is 4.74 Å². The average molecular weight is 187 g/mol. The van der Waals surface area contributed by atoms with E-state index in [9.17, 15) is 13.6 Å². The zero-order valence-electron chi connectivity index (χ0n) is 6.59. The smallest absolute Gasteiger partial charge is 0.325 e. The molecule has 70 valence electrons. The van der Waals surface area contributed by atoms with Gasteiger partial charge in [-0.05, 0) is 12.1 Å². The Morgan fingerprint density at radius 1 is 1.46 bits per heavy atom. The van der Waals surface area contributed by atoms with Gasteiger partial charge in [-0.25, -0.2) is 4.39 Å². The van der Waals surface area contributed by atoms with E-state index in [-0.39, 0.29) is 6.54 Å². The van der Waals surface area contributed by atoms with Crippen LogP contribution in [0.15, 0.2) is 18.2 Å². The van der Waals surface area contributed by atoms with Crippen molar-refractivity contribution in [2.75, 3.05) is 6.54 Å². The molecule has 0 aliphatic heterocycles. The normalized spacial score (nSPS) is 9.77. The Hall–Kier alpha value is -1.49. The highest BCUT2D eigenvalue weighted by Gasteiger charge is 2.11. The molecule has 1 aromatic rings. The van der Waals surface area contributed by atoms with Gasteiger partial charge in [0.25, 0.3) is 0 Å². The van der Waals surface area contributed by atoms with Crippen molar-refractivity contribution < 1.29 is 18.3 Å². The number of benzene rings is 1. The van der Waals surface area contributed by atoms with Gasteiger partial charge >= 0.3 is 5.97 Å². The van der Waals surface area contributed by atoms with Crippen LogP contribution in [-0.2, 0) is 4.79 Å². The van der Waals surface area contributed by atoms with Gasteiger partial charge in [-0.15, -0.1) is 0 Å². The molecule has 0 amide bonds. The zero-order chi connectivity index (χ0) is 9.84. The lowest BCUT2D eigenvalue weighted by Gasteiger charge is -2.03. The number of halogens is 2. The number of hydrogen-bond donors (Lipinski definition) is 1. The van der Waals surface area contributed by atoms with Crippen molar-refractivity contribution in [1.29, 1.82) is 0 Å². The van der Waals surface area contributed by atoms with Crippen molar-refractivity contribution in [3.8, 4) is 5.75 Å². The first-order valence-electron chi connectivity index (χ1n) is 3.50. The molecule has 0 aromatic heterocycles. The predicted molar refractivity (Wildman–Crippen MR) is 41.0 cm³/mol. The first kappa shape index (κ1) is 9.60. The number of hydrogen-bond acceptors (Lipinski definition) is 3. The molecule has 3 nitrogen and oxygen atoms in total. The molecule has 0 saturated heterocycles. The molecule has 0 bridgehead atoms. The van der Waals surface area contributed by atoms with Gasteiger partial charge in [-0.1, -0.05) is 6.07 Å². The largest absolute Gasteiger partial charge is 0.422 e. The fraction of sp³-hybridized carbons (Fsp3) is 0.125. The highest BCUT2D eigenvalue weighted by Crippen LogP contribution is 2.18. The predicted octanol–water partition coefficient (Wildman–Crippen LogP) is 0.829. The molecule has 0 aliphatic carbocycles. The Kier molecular flexibility index (Phi) is 2.92. The average Bonchev–Trinajstić information content (AvgIpc) is 2.13. The fourth-order valence-electron chi connectivity index (χ4n) is 0.727. The van der Waals surface area contributed by atoms with Crippen LogP contribution in [0.3, 0.4) is 0 Å². The monoisotopic (exact) mass is 187 g/mol. The molecule has 0 spiro atoms. The van der Waals surface area contributed by atoms with Crippen LogP contribution in [0.5, 0.6) is 5.75 Å². The quantitative estimate of drug-likeness (QED) is 0.551. The summed E-state index contributed by atoms with van der Waals surface area (Å²) in [6.45, 7) is -0.379. The van der Waals surface area contributed by atoms with Crippen molar-refractivity contribution in [3.63, 3.8) is 0 Å². The number of nitrogens with two attached hydrogens (primary N) is 1. The highest BCUT2D eigenvalue weighted by atomic mass is 19.2. The molecule has 2 N–H and O–H groups in total. The van der Waals surface area contributed by atoms with E-state index in [1.54, 1.807) is 0 Å². The fourth-order valence-corrected chi connectivity index (χ4v) is 0.727. The van der Waals surface area contributed by atoms with Crippen LogP contribution in [0.2, 0.25) is 0 Å². The van der Waals surface area contributed by atoms with Crippen LogP contribution in [0.25, 0.3) is 0 Å². The maximum atomic E-state index is 12.8. The first-order chi connectivity index (χ1) is 6.15. The second kappa shape index (κ2) is 3.95. The van der Waals surface area contributed by atoms with Gasteiger partial charge in [0.15, 0.2) is 11.6 Å². The minimum atomic E-state index is -1.19. The Morgan fingerprint density at radius 3 is 2.77 bits per heavy atom. The summed E-state index contributed by atoms with van der Waals surface area (Å²) < 4.78 is 29.7. The van der Waals surface area contributed by atoms with E-state index in [0.717, 1.165) is 12.1 Å². The number of esters is 1. The minimum Gasteiger partial charge on any atom is -0.422 e. The van der Waals surface area contributed by atoms with E-state index in [1.807, 2.05) is 0 Å². The van der Waals surface area contributed by atoms with E-state index >= 15 is 0 Å². The number of carbonyl (C=O) groups is 1. The van der Waals surface area contributed by atoms with Gasteiger partial charge in [0.05, 0.1) is 6.54 Å². The SMILES string of the molecule is NCC(=O)Oc1cccc(F)c1F. The minimum absolute atomic E-state index is 0.379. The number of rotatable bonds is 2. The number of carbonyl (C=O) groups excluding carboxylic acids is 1. The van der Waals surface area contributed by atoms with Crippen molar-refractivity contribution in [2.24, 2.45) is 5.73 Å². The molecule has 1 aromatic carbocycles. The van der Waals surface area contributed by atoms with Crippen LogP contribution in [0.4, 0.5) is 8.78 Å². The van der Waals surface area contributed by atoms with Crippen molar-refractivity contribution in [2.45, 2.75) is 0 Å². The molecule has 0 atom stereocenters. The third-order valence-electron chi connectivity index (χ3n) is 1.31. The third-order valence-corrected chi connectivity index (χ3v) is 1.31. The van der Waals surface area contributed by atoms with E-state index in [4.69, 9.17) is 5.73 Å². The second-order valence-electron chi connectivity index (χ2n) is 2.23. The molecule has 0 unspecified atom stereocenters. The topological polar surface area (TPSA) is 52.3 Å². The lowest BCUT2D eigenvalue weighted by molar-refractivity contribution is -0.133. The maximum Gasteiger partial charge on any atom is 0.325 e. The molecule has 13 heavy (non-hydrogen) atoms. The summed E-state index contributed by atoms with van der Waals surface area (Å²) in [5.74, 6) is -3.52. The Balaban J connectivity index is 2.89. The van der Waals surface area contributed by atoms with Crippen molar-refractivity contribution in [1.82, 2.24) is 0 Å². The summed E-state index contributed by atoms with van der Waals surface area (Å²) in [5, 5.41) is 0. The lowest BCUT2D eigenvalue weighted by Crippen LogP contribution is -2.20. The summed E-state index contributed by atoms with van der Waals surface area (Å²) in [6, 6.07) is 3.30. The second-order valence-corrected chi connectivity index (χ2v) is 2.23. The van der Waals surface area contributed by atoms with E-state index in [1.165, 1.54) is 6.07 Å². The number of ether oxygens (including phenoxy) is 1. The lowest BCUT2D eigenvalue weighted by atomic mass is 10.3. The van der Waals surface area contributed by atoms with Crippen molar-refractivity contribution in [3.05, 3.63) is 29.8 Å². The van der Waals surface area contributed by atoms with Gasteiger partial charge in [0.2, 0.25) is 5.82 Å². The van der Waals surface area contributed by atoms with Crippen LogP contribution in [-0.4, -0.2) is 12.5 Å². The third kappa shape index (κ3) is 2.22. The van der Waals surface area contributed by atoms with Gasteiger partial charge in [-0.3, -0.25) is 4.79 Å². The molecular weight excluding hydrogens is 180 g/mol. The summed E-state index contributed by atoms with van der Waals surface area (Å²) in [7, 11) is 0. The molecule has 0 saturated carbocycles. The zero-order valence-corrected chi connectivity index (χ0v) is 6.59. The van der Waals surface area contributed by atoms with Crippen LogP contribution >= 0.6 is 0 Å². The van der Waals surface area contributed by atoms with Crippen LogP contribution in [0.1, 0.15) is 0 Å². The van der Waals surface area contributed by atoms with Gasteiger partial charge in [0, 0.05) is 0 Å². The van der Waals surface area contributed by atoms with Gasteiger partial charge in [-0.2, -0.15) is 4.39 Å². The van der Waals surface area contributed by atoms with Crippen LogP contribution < -0.4 is 10.5 Å². The summed E-state index contributed by atoms with van der Waals surface area (Å²) in [6.07, 6.45) is 0. The van der Waals surface area contributed by atoms with E-state index < -0.39 is 23.4 Å². The first-order valence-corrected chi connectivity index (χ1v) is 3.50. The van der Waals surface area contributed by atoms with Gasteiger partial charge in [0.1, 0.15) is 0 Å². The highest BCUT2D eigenvalue weighted by molar-refractivity contribution is 5.74. The molecular formula is C8H7F2NO2. The Morgan fingerprint density at radius 2 is 2.15 bits per heavy atom. The summed E-state index contributed by atoms with van der Waals surface area (Å²) in [5.41, 5.74) is 4.92. The Bertz CT molecular complexity index is 328. The molecule has 5 heteroatoms. The standard InChI is InChI=1S/C8H7F2NO2/c9-5-2-1-3-6(8(5)10)13-7(12)4-11/h1-3H,4,11H2. The molecule has 0 fully saturated rings. The molecule has 1 rings (SSSR count). The van der Waals surface area contributed by atoms with Crippen molar-refractivity contribution >= 4 is 5.97 Å². The van der Waals surface area contributed by atoms with E-state index in [0.29, 0.717) is 0 Å². The molecule has 0 radical (unpaired) electrons. The van der Waals surface area contributed by atoms with Gasteiger partial charge < -0.3 is 10.5 Å².